The molecule has 0 bridgehead atoms. The Morgan fingerprint density at radius 2 is 1.19 bits per heavy atom. The van der Waals surface area contributed by atoms with Crippen molar-refractivity contribution < 1.29 is 41.0 Å². The Labute approximate surface area is 87.9 Å². The maximum atomic E-state index is 9.10. The summed E-state index contributed by atoms with van der Waals surface area (Å²) in [4.78, 5) is 0. The van der Waals surface area contributed by atoms with E-state index in [4.69, 9.17) is 41.0 Å². The van der Waals surface area contributed by atoms with E-state index in [1.54, 1.807) is 0 Å². The third kappa shape index (κ3) is 1.53. The van der Waals surface area contributed by atoms with Crippen molar-refractivity contribution >= 4 is 0 Å². The van der Waals surface area contributed by atoms with Crippen LogP contribution in [0.1, 0.15) is 0 Å². The van der Waals surface area contributed by atoms with Gasteiger partial charge in [-0.05, 0) is 0 Å². The lowest BCUT2D eigenvalue weighted by atomic mass is 10.2. The normalized spacial score (nSPS) is 37.1. The molecule has 9 nitrogen and oxygen atoms in total. The van der Waals surface area contributed by atoms with Crippen LogP contribution in [0.15, 0.2) is 34.7 Å². The van der Waals surface area contributed by atoms with Crippen LogP contribution in [0.3, 0.4) is 0 Å². The highest BCUT2D eigenvalue weighted by molar-refractivity contribution is 5.34. The van der Waals surface area contributed by atoms with Crippen molar-refractivity contribution in [3.05, 3.63) is 34.7 Å². The van der Waals surface area contributed by atoms with E-state index in [-0.39, 0.29) is 0 Å². The number of hydroxylamine groups is 2. The van der Waals surface area contributed by atoms with E-state index in [2.05, 4.69) is 0 Å². The molecule has 8 N–H and O–H groups in total. The highest BCUT2D eigenvalue weighted by Crippen LogP contribution is 2.24. The highest BCUT2D eigenvalue weighted by Gasteiger charge is 2.33. The molecule has 0 aromatic heterocycles. The van der Waals surface area contributed by atoms with Crippen LogP contribution in [0.4, 0.5) is 0 Å². The number of aliphatic hydroxyl groups excluding tert-OH is 7. The maximum Gasteiger partial charge on any atom is 0.261 e. The number of nitrogens with zero attached hydrogens (tertiary/aromatic N) is 1. The van der Waals surface area contributed by atoms with Gasteiger partial charge in [0.2, 0.25) is 29.3 Å². The fourth-order valence-corrected chi connectivity index (χ4v) is 0.914. The van der Waals surface area contributed by atoms with Crippen molar-refractivity contribution in [3.8, 4) is 0 Å². The summed E-state index contributed by atoms with van der Waals surface area (Å²) < 4.78 is 0. The summed E-state index contributed by atoms with van der Waals surface area (Å²) in [5.41, 5.74) is 0. The summed E-state index contributed by atoms with van der Waals surface area (Å²) in [5.74, 6) is -8.33. The first-order valence-electron chi connectivity index (χ1n) is 3.82. The minimum Gasteiger partial charge on any atom is -0.505 e. The summed E-state index contributed by atoms with van der Waals surface area (Å²) in [5, 5.41) is 72.0. The Morgan fingerprint density at radius 1 is 0.750 bits per heavy atom. The predicted octanol–water partition coefficient (Wildman–Crippen LogP) is -0.0501. The minimum atomic E-state index is -2.34. The molecule has 0 saturated heterocycles. The van der Waals surface area contributed by atoms with Gasteiger partial charge in [0.1, 0.15) is 0 Å². The molecule has 1 aliphatic rings. The van der Waals surface area contributed by atoms with E-state index < -0.39 is 46.0 Å². The first kappa shape index (κ1) is 11.8. The summed E-state index contributed by atoms with van der Waals surface area (Å²) in [7, 11) is 0. The number of aliphatic hydroxyl groups is 7. The van der Waals surface area contributed by atoms with E-state index in [1.807, 2.05) is 0 Å². The van der Waals surface area contributed by atoms with Gasteiger partial charge in [-0.15, -0.1) is 0 Å². The maximum absolute atomic E-state index is 9.10. The van der Waals surface area contributed by atoms with Gasteiger partial charge < -0.3 is 35.7 Å². The lowest BCUT2D eigenvalue weighted by Crippen LogP contribution is -2.36. The van der Waals surface area contributed by atoms with Crippen molar-refractivity contribution in [1.29, 1.82) is 0 Å². The van der Waals surface area contributed by atoms with Gasteiger partial charge in [0.15, 0.2) is 5.76 Å². The van der Waals surface area contributed by atoms with Gasteiger partial charge in [0.05, 0.1) is 0 Å². The van der Waals surface area contributed by atoms with E-state index in [9.17, 15) is 0 Å². The summed E-state index contributed by atoms with van der Waals surface area (Å²) in [6.45, 7) is 0. The van der Waals surface area contributed by atoms with E-state index in [0.717, 1.165) is 0 Å². The summed E-state index contributed by atoms with van der Waals surface area (Å²) >= 11 is 0. The average Bonchev–Trinajstić information content (AvgIpc) is 2.30. The van der Waals surface area contributed by atoms with Crippen LogP contribution in [0, 0.1) is 0 Å². The molecule has 0 saturated carbocycles. The molecule has 1 rings (SSSR count). The molecule has 9 heteroatoms. The molecule has 16 heavy (non-hydrogen) atoms. The minimum absolute atomic E-state index is 0.441. The second kappa shape index (κ2) is 3.72. The third-order valence-electron chi connectivity index (χ3n) is 1.82. The van der Waals surface area contributed by atoms with E-state index in [0.29, 0.717) is 0 Å². The van der Waals surface area contributed by atoms with Gasteiger partial charge in [-0.3, -0.25) is 5.21 Å². The molecule has 1 heterocycles. The zero-order chi connectivity index (χ0) is 12.6. The Hall–Kier alpha value is -2.26. The Balaban J connectivity index is 3.52. The number of hydrogen-bond acceptors (Lipinski definition) is 9. The first-order valence-corrected chi connectivity index (χ1v) is 3.82. The molecule has 0 fully saturated rings. The summed E-state index contributed by atoms with van der Waals surface area (Å²) in [6, 6.07) is 0. The lowest BCUT2D eigenvalue weighted by molar-refractivity contribution is -0.192. The zero-order valence-electron chi connectivity index (χ0n) is 7.60. The zero-order valence-corrected chi connectivity index (χ0v) is 7.60. The number of rotatable bonds is 0. The quantitative estimate of drug-likeness (QED) is 0.287. The highest BCUT2D eigenvalue weighted by atomic mass is 16.6. The smallest absolute Gasteiger partial charge is 0.261 e. The molecular formula is C7H9NO8. The fraction of sp³-hybridized carbons (Fsp3) is 0.143. The van der Waals surface area contributed by atoms with Crippen molar-refractivity contribution in [1.82, 2.24) is 5.06 Å². The Kier molecular flexibility index (Phi) is 2.74. The van der Waals surface area contributed by atoms with E-state index in [1.165, 1.54) is 0 Å². The molecule has 0 aromatic carbocycles. The van der Waals surface area contributed by atoms with Gasteiger partial charge in [-0.1, -0.05) is 0 Å². The SMILES string of the molecule is OC1=C(O)/C(O)=C(/O)N(O)C(O)/C(O)=C\1O. The fourth-order valence-electron chi connectivity index (χ4n) is 0.914. The van der Waals surface area contributed by atoms with Crippen LogP contribution in [0.25, 0.3) is 0 Å². The average molecular weight is 235 g/mol. The Bertz CT molecular complexity index is 371. The van der Waals surface area contributed by atoms with Crippen LogP contribution < -0.4 is 0 Å². The van der Waals surface area contributed by atoms with Crippen LogP contribution in [0.5, 0.6) is 0 Å². The molecular weight excluding hydrogens is 226 g/mol. The second-order valence-electron chi connectivity index (χ2n) is 2.82. The molecule has 1 aliphatic heterocycles. The number of hydrogen-bond donors (Lipinski definition) is 8. The molecule has 0 amide bonds. The standard InChI is InChI=1S/C7H9NO8/c9-1-2(10)4(12)6(14)8(16)7(15)5(13)3(1)11/h6,9-16H/b3-1-,4-2-,7-5-. The van der Waals surface area contributed by atoms with Crippen LogP contribution >= 0.6 is 0 Å². The molecule has 0 spiro atoms. The molecule has 0 radical (unpaired) electrons. The van der Waals surface area contributed by atoms with Gasteiger partial charge in [-0.25, -0.2) is 0 Å². The third-order valence-corrected chi connectivity index (χ3v) is 1.82. The van der Waals surface area contributed by atoms with Gasteiger partial charge in [-0.2, -0.15) is 5.06 Å². The van der Waals surface area contributed by atoms with Gasteiger partial charge in [0, 0.05) is 0 Å². The largest absolute Gasteiger partial charge is 0.505 e. The van der Waals surface area contributed by atoms with Gasteiger partial charge >= 0.3 is 0 Å². The van der Waals surface area contributed by atoms with Crippen molar-refractivity contribution in [2.24, 2.45) is 0 Å². The molecule has 0 aliphatic carbocycles. The van der Waals surface area contributed by atoms with Crippen LogP contribution in [-0.2, 0) is 0 Å². The predicted molar refractivity (Wildman–Crippen MR) is 46.5 cm³/mol. The molecule has 90 valence electrons. The lowest BCUT2D eigenvalue weighted by Gasteiger charge is -2.24. The van der Waals surface area contributed by atoms with Gasteiger partial charge in [0.25, 0.3) is 5.88 Å². The van der Waals surface area contributed by atoms with Crippen molar-refractivity contribution in [2.45, 2.75) is 6.23 Å². The van der Waals surface area contributed by atoms with Crippen molar-refractivity contribution in [3.63, 3.8) is 0 Å². The van der Waals surface area contributed by atoms with Crippen LogP contribution in [-0.4, -0.2) is 52.2 Å². The van der Waals surface area contributed by atoms with E-state index >= 15 is 0 Å². The first-order chi connectivity index (χ1) is 7.29. The molecule has 1 atom stereocenters. The molecule has 0 aromatic rings. The second-order valence-corrected chi connectivity index (χ2v) is 2.82. The summed E-state index contributed by atoms with van der Waals surface area (Å²) in [6.07, 6.45) is -2.34. The van der Waals surface area contributed by atoms with Crippen LogP contribution in [0.2, 0.25) is 0 Å². The van der Waals surface area contributed by atoms with Crippen molar-refractivity contribution in [2.75, 3.05) is 0 Å². The monoisotopic (exact) mass is 235 g/mol. The topological polar surface area (TPSA) is 165 Å². The molecule has 1 unspecified atom stereocenters. The Morgan fingerprint density at radius 3 is 1.69 bits per heavy atom.